The van der Waals surface area contributed by atoms with Crippen molar-refractivity contribution in [1.29, 1.82) is 0 Å². The highest BCUT2D eigenvalue weighted by Crippen LogP contribution is 2.57. The van der Waals surface area contributed by atoms with E-state index in [0.717, 1.165) is 39.3 Å². The summed E-state index contributed by atoms with van der Waals surface area (Å²) in [6.45, 7) is 5.63. The maximum absolute atomic E-state index is 15.5. The molecule has 0 aromatic heterocycles. The predicted molar refractivity (Wildman–Crippen MR) is 228 cm³/mol. The number of rotatable bonds is 11. The van der Waals surface area contributed by atoms with Gasteiger partial charge in [-0.3, -0.25) is 0 Å². The first-order valence-electron chi connectivity index (χ1n) is 18.5. The van der Waals surface area contributed by atoms with Crippen LogP contribution in [-0.2, 0) is 17.3 Å². The van der Waals surface area contributed by atoms with Gasteiger partial charge in [0.15, 0.2) is 29.0 Å². The Bertz CT molecular complexity index is 2750. The molecular weight excluding hydrogens is 1170 g/mol. The highest BCUT2D eigenvalue weighted by molar-refractivity contribution is 9.11. The minimum absolute atomic E-state index is 0.0477. The largest absolute Gasteiger partial charge is 0.497 e. The number of hydrogen-bond donors (Lipinski definition) is 0. The molecule has 0 saturated heterocycles. The van der Waals surface area contributed by atoms with E-state index in [2.05, 4.69) is 63.7 Å². The van der Waals surface area contributed by atoms with Gasteiger partial charge >= 0.3 is 12.4 Å². The zero-order valence-corrected chi connectivity index (χ0v) is 40.0. The molecule has 0 N–H and O–H groups in total. The van der Waals surface area contributed by atoms with E-state index in [9.17, 15) is 26.3 Å². The Kier molecular flexibility index (Phi) is 14.4. The first-order valence-corrected chi connectivity index (χ1v) is 21.7. The van der Waals surface area contributed by atoms with Gasteiger partial charge in [-0.25, -0.2) is 17.6 Å². The van der Waals surface area contributed by atoms with Crippen LogP contribution < -0.4 is 14.2 Å². The van der Waals surface area contributed by atoms with Crippen LogP contribution in [0.5, 0.6) is 28.7 Å². The van der Waals surface area contributed by atoms with E-state index in [1.807, 2.05) is 32.9 Å². The van der Waals surface area contributed by atoms with Crippen molar-refractivity contribution in [1.82, 2.24) is 0 Å². The molecule has 21 heteroatoms. The highest BCUT2D eigenvalue weighted by atomic mass is 79.9. The van der Waals surface area contributed by atoms with Crippen LogP contribution in [0.25, 0.3) is 0 Å². The lowest BCUT2D eigenvalue weighted by atomic mass is 9.73. The average Bonchev–Trinajstić information content (AvgIpc) is 3.24. The molecule has 0 aliphatic rings. The minimum Gasteiger partial charge on any atom is -0.497 e. The molecule has 0 unspecified atom stereocenters. The Morgan fingerprint density at radius 2 is 0.773 bits per heavy atom. The molecule has 0 fully saturated rings. The van der Waals surface area contributed by atoms with Crippen LogP contribution in [0.2, 0.25) is 0 Å². The highest BCUT2D eigenvalue weighted by Gasteiger charge is 2.72. The van der Waals surface area contributed by atoms with E-state index in [1.54, 1.807) is 0 Å². The Morgan fingerprint density at radius 1 is 0.439 bits per heavy atom. The fraction of sp³-hybridized carbons (Fsp3) is 0.200. The van der Waals surface area contributed by atoms with Crippen molar-refractivity contribution in [2.75, 3.05) is 7.11 Å². The summed E-state index contributed by atoms with van der Waals surface area (Å²) in [6.07, 6.45) is -13.9. The van der Waals surface area contributed by atoms with Crippen LogP contribution in [0, 0.1) is 53.5 Å². The van der Waals surface area contributed by atoms with Gasteiger partial charge in [-0.2, -0.15) is 43.9 Å². The summed E-state index contributed by atoms with van der Waals surface area (Å²) in [5.41, 5.74) is -9.29. The van der Waals surface area contributed by atoms with E-state index < -0.39 is 116 Å². The van der Waals surface area contributed by atoms with Crippen molar-refractivity contribution < 1.29 is 75.7 Å². The molecule has 6 aromatic rings. The van der Waals surface area contributed by atoms with Crippen molar-refractivity contribution in [3.8, 4) is 28.7 Å². The van der Waals surface area contributed by atoms with Gasteiger partial charge in [0.2, 0.25) is 40.2 Å². The fourth-order valence-electron chi connectivity index (χ4n) is 6.99. The number of hydrogen-bond acceptors (Lipinski definition) is 3. The molecule has 3 nitrogen and oxygen atoms in total. The third-order valence-corrected chi connectivity index (χ3v) is 13.6. The van der Waals surface area contributed by atoms with Gasteiger partial charge in [-0.15, -0.1) is 0 Å². The number of halogens is 18. The summed E-state index contributed by atoms with van der Waals surface area (Å²) >= 11 is 13.5. The third-order valence-electron chi connectivity index (χ3n) is 10.8. The Hall–Kier alpha value is -4.34. The third kappa shape index (κ3) is 8.93. The molecule has 0 amide bonds. The predicted octanol–water partition coefficient (Wildman–Crippen LogP) is 17.1. The number of benzene rings is 6. The van der Waals surface area contributed by atoms with Gasteiger partial charge in [-0.05, 0) is 115 Å². The Labute approximate surface area is 399 Å². The van der Waals surface area contributed by atoms with Crippen LogP contribution in [0.15, 0.2) is 90.7 Å². The molecule has 0 aliphatic heterocycles. The van der Waals surface area contributed by atoms with Crippen molar-refractivity contribution in [3.05, 3.63) is 176 Å². The molecule has 0 bridgehead atoms. The normalized spacial score (nSPS) is 12.5. The van der Waals surface area contributed by atoms with Crippen molar-refractivity contribution >= 4 is 63.7 Å². The molecule has 0 aliphatic carbocycles. The maximum atomic E-state index is 15.5. The van der Waals surface area contributed by atoms with Gasteiger partial charge in [0.05, 0.1) is 16.1 Å². The lowest BCUT2D eigenvalue weighted by Gasteiger charge is -2.38. The lowest BCUT2D eigenvalue weighted by Crippen LogP contribution is -2.54. The van der Waals surface area contributed by atoms with E-state index in [1.165, 1.54) is 12.1 Å². The second kappa shape index (κ2) is 18.6. The zero-order valence-electron chi connectivity index (χ0n) is 33.7. The van der Waals surface area contributed by atoms with Crippen molar-refractivity contribution in [2.45, 2.75) is 50.4 Å². The standard InChI is InChI=1S/C45H26Br4F14O3/c1-18-27(46)13-21(14-28(18)47)42(2,3)22-15-29(48)39(30(49)16-22)66-41-37(56)33(52)26(34(53)38(41)57)17-25-31(50)35(54)40(36(55)32(25)51)65-24-11-7-20(8-12-24)43(44(58,59)60,45(61,62)63)19-5-9-23(64-4)10-6-19/h5-16H,17H2,1-4H3. The number of methoxy groups -OCH3 is 1. The Balaban J connectivity index is 1.30. The molecule has 0 spiro atoms. The van der Waals surface area contributed by atoms with Gasteiger partial charge in [0.25, 0.3) is 0 Å². The minimum atomic E-state index is -6.04. The monoisotopic (exact) mass is 1200 g/mol. The second-order valence-corrected chi connectivity index (χ2v) is 18.4. The van der Waals surface area contributed by atoms with E-state index in [0.29, 0.717) is 29.8 Å². The zero-order chi connectivity index (χ0) is 49.2. The van der Waals surface area contributed by atoms with Crippen LogP contribution in [0.4, 0.5) is 61.5 Å². The smallest absolute Gasteiger partial charge is 0.411 e. The van der Waals surface area contributed by atoms with Crippen molar-refractivity contribution in [3.63, 3.8) is 0 Å². The van der Waals surface area contributed by atoms with Gasteiger partial charge in [-0.1, -0.05) is 70.0 Å². The first kappa shape index (κ1) is 51.1. The van der Waals surface area contributed by atoms with Gasteiger partial charge in [0.1, 0.15) is 11.5 Å². The van der Waals surface area contributed by atoms with Crippen LogP contribution in [0.3, 0.4) is 0 Å². The summed E-state index contributed by atoms with van der Waals surface area (Å²) < 4.78 is 228. The van der Waals surface area contributed by atoms with Crippen LogP contribution in [-0.4, -0.2) is 19.5 Å². The van der Waals surface area contributed by atoms with Crippen LogP contribution in [0.1, 0.15) is 52.8 Å². The summed E-state index contributed by atoms with van der Waals surface area (Å²) in [6, 6.07) is 10.8. The number of alkyl halides is 6. The first-order chi connectivity index (χ1) is 30.6. The SMILES string of the molecule is COc1ccc(C(c2ccc(Oc3c(F)c(F)c(Cc4c(F)c(F)c(Oc5c(Br)cc(C(C)(C)c6cc(Br)c(C)c(Br)c6)cc5Br)c(F)c4F)c(F)c3F)cc2)(C(F)(F)F)C(F)(F)F)cc1. The average molecular weight is 1200 g/mol. The molecule has 66 heavy (non-hydrogen) atoms. The molecule has 350 valence electrons. The molecule has 6 rings (SSSR count). The van der Waals surface area contributed by atoms with Crippen LogP contribution >= 0.6 is 63.7 Å². The van der Waals surface area contributed by atoms with Crippen molar-refractivity contribution in [2.24, 2.45) is 0 Å². The summed E-state index contributed by atoms with van der Waals surface area (Å²) in [7, 11) is 1.12. The second-order valence-electron chi connectivity index (χ2n) is 15.0. The van der Waals surface area contributed by atoms with E-state index >= 15 is 35.1 Å². The van der Waals surface area contributed by atoms with E-state index in [4.69, 9.17) is 14.2 Å². The lowest BCUT2D eigenvalue weighted by molar-refractivity contribution is -0.288. The number of ether oxygens (including phenoxy) is 3. The van der Waals surface area contributed by atoms with Gasteiger partial charge in [0, 0.05) is 31.9 Å². The topological polar surface area (TPSA) is 27.7 Å². The molecule has 6 aromatic carbocycles. The fourth-order valence-corrected chi connectivity index (χ4v) is 9.52. The summed E-state index contributed by atoms with van der Waals surface area (Å²) in [4.78, 5) is 0. The summed E-state index contributed by atoms with van der Waals surface area (Å²) in [5, 5.41) is 0. The molecule has 0 atom stereocenters. The maximum Gasteiger partial charge on any atom is 0.411 e. The van der Waals surface area contributed by atoms with Gasteiger partial charge < -0.3 is 14.2 Å². The quantitative estimate of drug-likeness (QED) is 0.0956. The molecule has 0 heterocycles. The molecular formula is C45H26Br4F14O3. The molecule has 0 saturated carbocycles. The van der Waals surface area contributed by atoms with E-state index in [-0.39, 0.29) is 32.6 Å². The molecule has 0 radical (unpaired) electrons. The Morgan fingerprint density at radius 3 is 1.12 bits per heavy atom. The summed E-state index contributed by atoms with van der Waals surface area (Å²) in [5.74, 6) is -23.5.